The van der Waals surface area contributed by atoms with Crippen molar-refractivity contribution in [3.63, 3.8) is 0 Å². The molecule has 1 aromatic heterocycles. The summed E-state index contributed by atoms with van der Waals surface area (Å²) in [5.74, 6) is 0.484. The Hall–Kier alpha value is -3.10. The number of nitrogens with one attached hydrogen (secondary N) is 1. The maximum atomic E-state index is 14.3. The lowest BCUT2D eigenvalue weighted by Gasteiger charge is -2.34. The van der Waals surface area contributed by atoms with Crippen LogP contribution in [0.1, 0.15) is 64.1 Å². The van der Waals surface area contributed by atoms with Gasteiger partial charge in [-0.1, -0.05) is 43.0 Å². The van der Waals surface area contributed by atoms with Crippen LogP contribution in [0.5, 0.6) is 11.5 Å². The predicted molar refractivity (Wildman–Crippen MR) is 147 cm³/mol. The number of rotatable bonds is 8. The van der Waals surface area contributed by atoms with Gasteiger partial charge in [0.15, 0.2) is 0 Å². The van der Waals surface area contributed by atoms with Crippen molar-refractivity contribution in [1.29, 1.82) is 0 Å². The van der Waals surface area contributed by atoms with Crippen LogP contribution in [0, 0.1) is 13.8 Å². The van der Waals surface area contributed by atoms with Crippen molar-refractivity contribution >= 4 is 40.4 Å². The molecule has 1 N–H and O–H groups in total. The van der Waals surface area contributed by atoms with E-state index in [1.165, 1.54) is 29.8 Å². The van der Waals surface area contributed by atoms with E-state index in [2.05, 4.69) is 10.3 Å². The fourth-order valence-corrected chi connectivity index (χ4v) is 5.81. The Labute approximate surface area is 226 Å². The molecule has 0 aliphatic heterocycles. The van der Waals surface area contributed by atoms with Gasteiger partial charge in [0.1, 0.15) is 22.4 Å². The molecule has 1 unspecified atom stereocenters. The normalized spacial score (nSPS) is 14.6. The van der Waals surface area contributed by atoms with Gasteiger partial charge in [0.2, 0.25) is 5.91 Å². The zero-order valence-corrected chi connectivity index (χ0v) is 23.1. The molecule has 9 heteroatoms. The molecular weight excluding hydrogens is 510 g/mol. The van der Waals surface area contributed by atoms with Crippen LogP contribution in [0.15, 0.2) is 42.5 Å². The first kappa shape index (κ1) is 26.9. The van der Waals surface area contributed by atoms with Crippen molar-refractivity contribution in [3.8, 4) is 11.5 Å². The Bertz CT molecular complexity index is 1250. The van der Waals surface area contributed by atoms with Gasteiger partial charge in [-0.25, -0.2) is 4.98 Å². The third-order valence-corrected chi connectivity index (χ3v) is 7.90. The molecule has 0 spiro atoms. The van der Waals surface area contributed by atoms with E-state index < -0.39 is 6.04 Å². The molecule has 4 rings (SSSR count). The van der Waals surface area contributed by atoms with Crippen LogP contribution < -0.4 is 19.7 Å². The van der Waals surface area contributed by atoms with Crippen LogP contribution in [-0.4, -0.2) is 37.1 Å². The Balaban J connectivity index is 1.88. The molecule has 7 nitrogen and oxygen atoms in total. The van der Waals surface area contributed by atoms with E-state index >= 15 is 0 Å². The Morgan fingerprint density at radius 3 is 2.35 bits per heavy atom. The van der Waals surface area contributed by atoms with Gasteiger partial charge in [0.25, 0.3) is 5.91 Å². The minimum atomic E-state index is -0.977. The average molecular weight is 542 g/mol. The van der Waals surface area contributed by atoms with Crippen molar-refractivity contribution in [2.45, 2.75) is 58.0 Å². The molecule has 1 saturated carbocycles. The van der Waals surface area contributed by atoms with E-state index in [0.717, 1.165) is 30.7 Å². The van der Waals surface area contributed by atoms with Crippen molar-refractivity contribution < 1.29 is 19.1 Å². The van der Waals surface area contributed by atoms with Gasteiger partial charge in [-0.2, -0.15) is 0 Å². The molecule has 0 bridgehead atoms. The Kier molecular flexibility index (Phi) is 8.71. The number of benzene rings is 2. The molecule has 1 atom stereocenters. The number of methoxy groups -OCH3 is 2. The van der Waals surface area contributed by atoms with Crippen LogP contribution in [0.2, 0.25) is 5.02 Å². The molecule has 0 saturated heterocycles. The number of aryl methyl sites for hydroxylation is 2. The zero-order chi connectivity index (χ0) is 26.5. The van der Waals surface area contributed by atoms with Crippen LogP contribution in [0.3, 0.4) is 0 Å². The van der Waals surface area contributed by atoms with Crippen molar-refractivity contribution in [1.82, 2.24) is 10.3 Å². The van der Waals surface area contributed by atoms with Gasteiger partial charge in [0.05, 0.1) is 30.6 Å². The van der Waals surface area contributed by atoms with Gasteiger partial charge in [-0.3, -0.25) is 14.5 Å². The fourth-order valence-electron chi connectivity index (χ4n) is 4.79. The quantitative estimate of drug-likeness (QED) is 0.363. The van der Waals surface area contributed by atoms with Crippen LogP contribution in [0.4, 0.5) is 5.69 Å². The fraction of sp³-hybridized carbons (Fsp3) is 0.393. The molecule has 196 valence electrons. The number of nitrogens with zero attached hydrogens (tertiary/aromatic N) is 2. The lowest BCUT2D eigenvalue weighted by Crippen LogP contribution is -2.47. The number of hydrogen-bond donors (Lipinski definition) is 1. The Morgan fingerprint density at radius 2 is 1.76 bits per heavy atom. The highest BCUT2D eigenvalue weighted by Crippen LogP contribution is 2.39. The Morgan fingerprint density at radius 1 is 1.05 bits per heavy atom. The summed E-state index contributed by atoms with van der Waals surface area (Å²) < 4.78 is 11.0. The topological polar surface area (TPSA) is 80.8 Å². The molecule has 1 aliphatic carbocycles. The molecule has 1 fully saturated rings. The average Bonchev–Trinajstić information content (AvgIpc) is 3.25. The third kappa shape index (κ3) is 6.08. The number of carbonyl (C=O) groups excluding carboxylic acids is 2. The first-order valence-corrected chi connectivity index (χ1v) is 13.6. The summed E-state index contributed by atoms with van der Waals surface area (Å²) in [6.07, 6.45) is 5.15. The summed E-state index contributed by atoms with van der Waals surface area (Å²) in [5.41, 5.74) is 1.66. The maximum absolute atomic E-state index is 14.3. The third-order valence-electron chi connectivity index (χ3n) is 6.61. The van der Waals surface area contributed by atoms with Crippen molar-refractivity contribution in [2.75, 3.05) is 19.1 Å². The first-order valence-electron chi connectivity index (χ1n) is 12.4. The number of anilines is 1. The van der Waals surface area contributed by atoms with Gasteiger partial charge < -0.3 is 14.8 Å². The van der Waals surface area contributed by atoms with E-state index in [-0.39, 0.29) is 17.9 Å². The van der Waals surface area contributed by atoms with E-state index in [0.29, 0.717) is 38.3 Å². The monoisotopic (exact) mass is 541 g/mol. The SMILES string of the molecule is COc1ccc(C(C(=O)NC2CCCCC2)N(C(=O)c2sc(C)nc2C)c2cc(Cl)ccc2OC)cc1. The number of aromatic nitrogens is 1. The number of ether oxygens (including phenoxy) is 2. The highest BCUT2D eigenvalue weighted by Gasteiger charge is 2.37. The molecule has 1 heterocycles. The molecule has 0 radical (unpaired) electrons. The van der Waals surface area contributed by atoms with Crippen LogP contribution in [-0.2, 0) is 4.79 Å². The lowest BCUT2D eigenvalue weighted by molar-refractivity contribution is -0.123. The van der Waals surface area contributed by atoms with E-state index in [1.807, 2.05) is 19.1 Å². The smallest absolute Gasteiger partial charge is 0.271 e. The summed E-state index contributed by atoms with van der Waals surface area (Å²) in [5, 5.41) is 4.42. The lowest BCUT2D eigenvalue weighted by atomic mass is 9.94. The zero-order valence-electron chi connectivity index (χ0n) is 21.5. The summed E-state index contributed by atoms with van der Waals surface area (Å²) in [6.45, 7) is 3.66. The van der Waals surface area contributed by atoms with Gasteiger partial charge >= 0.3 is 0 Å². The van der Waals surface area contributed by atoms with Crippen LogP contribution in [0.25, 0.3) is 0 Å². The largest absolute Gasteiger partial charge is 0.497 e. The standard InChI is InChI=1S/C28H32ClN3O4S/c1-17-26(37-18(2)30-17)28(34)32(23-16-20(29)12-15-24(23)36-4)25(19-10-13-22(35-3)14-11-19)27(33)31-21-8-6-5-7-9-21/h10-16,21,25H,5-9H2,1-4H3,(H,31,33). The predicted octanol–water partition coefficient (Wildman–Crippen LogP) is 6.27. The molecule has 1 aliphatic rings. The number of hydrogen-bond acceptors (Lipinski definition) is 6. The minimum Gasteiger partial charge on any atom is -0.497 e. The maximum Gasteiger partial charge on any atom is 0.271 e. The van der Waals surface area contributed by atoms with Gasteiger partial charge in [0, 0.05) is 11.1 Å². The highest BCUT2D eigenvalue weighted by atomic mass is 35.5. The molecular formula is C28H32ClN3O4S. The second kappa shape index (κ2) is 12.0. The van der Waals surface area contributed by atoms with E-state index in [9.17, 15) is 9.59 Å². The number of thiazole rings is 1. The summed E-state index contributed by atoms with van der Waals surface area (Å²) in [6, 6.07) is 11.3. The summed E-state index contributed by atoms with van der Waals surface area (Å²) in [4.78, 5) is 34.8. The summed E-state index contributed by atoms with van der Waals surface area (Å²) >= 11 is 7.71. The van der Waals surface area contributed by atoms with Crippen molar-refractivity contribution in [2.24, 2.45) is 0 Å². The second-order valence-electron chi connectivity index (χ2n) is 9.16. The second-order valence-corrected chi connectivity index (χ2v) is 10.8. The first-order chi connectivity index (χ1) is 17.8. The van der Waals surface area contributed by atoms with Gasteiger partial charge in [-0.05, 0) is 62.6 Å². The molecule has 3 aromatic rings. The van der Waals surface area contributed by atoms with E-state index in [4.69, 9.17) is 21.1 Å². The molecule has 2 amide bonds. The summed E-state index contributed by atoms with van der Waals surface area (Å²) in [7, 11) is 3.12. The molecule has 37 heavy (non-hydrogen) atoms. The van der Waals surface area contributed by atoms with Crippen LogP contribution >= 0.6 is 22.9 Å². The van der Waals surface area contributed by atoms with Gasteiger partial charge in [-0.15, -0.1) is 11.3 Å². The van der Waals surface area contributed by atoms with E-state index in [1.54, 1.807) is 44.4 Å². The number of carbonyl (C=O) groups is 2. The highest BCUT2D eigenvalue weighted by molar-refractivity contribution is 7.13. The minimum absolute atomic E-state index is 0.0626. The van der Waals surface area contributed by atoms with Crippen molar-refractivity contribution in [3.05, 3.63) is 68.6 Å². The molecule has 2 aromatic carbocycles. The number of amides is 2. The number of halogens is 1.